The van der Waals surface area contributed by atoms with E-state index in [9.17, 15) is 16.8 Å². The molecular formula is C12H16Cl2N2O4S2. The largest absolute Gasteiger partial charge is 0.246 e. The summed E-state index contributed by atoms with van der Waals surface area (Å²) in [5, 5.41) is 0.105. The van der Waals surface area contributed by atoms with Gasteiger partial charge >= 0.3 is 0 Å². The van der Waals surface area contributed by atoms with Crippen LogP contribution in [0, 0.1) is 0 Å². The van der Waals surface area contributed by atoms with Crippen molar-refractivity contribution in [3.05, 3.63) is 28.2 Å². The van der Waals surface area contributed by atoms with Crippen molar-refractivity contribution in [1.82, 2.24) is 8.61 Å². The fourth-order valence-corrected chi connectivity index (χ4v) is 5.74. The Balaban J connectivity index is 2.32. The zero-order valence-electron chi connectivity index (χ0n) is 11.9. The topological polar surface area (TPSA) is 74.8 Å². The van der Waals surface area contributed by atoms with Crippen LogP contribution in [0.5, 0.6) is 0 Å². The molecule has 0 saturated carbocycles. The quantitative estimate of drug-likeness (QED) is 0.791. The van der Waals surface area contributed by atoms with Gasteiger partial charge in [0.2, 0.25) is 20.0 Å². The van der Waals surface area contributed by atoms with Gasteiger partial charge in [-0.05, 0) is 18.6 Å². The number of rotatable bonds is 3. The van der Waals surface area contributed by atoms with Gasteiger partial charge in [-0.3, -0.25) is 0 Å². The van der Waals surface area contributed by atoms with E-state index in [0.717, 1.165) is 6.26 Å². The molecule has 0 N–H and O–H groups in total. The summed E-state index contributed by atoms with van der Waals surface area (Å²) in [6, 6.07) is 4.49. The van der Waals surface area contributed by atoms with Crippen LogP contribution in [0.2, 0.25) is 10.0 Å². The summed E-state index contributed by atoms with van der Waals surface area (Å²) < 4.78 is 51.1. The minimum atomic E-state index is -3.87. The van der Waals surface area contributed by atoms with E-state index in [1.807, 2.05) is 0 Å². The molecule has 0 spiro atoms. The fraction of sp³-hybridized carbons (Fsp3) is 0.500. The van der Waals surface area contributed by atoms with E-state index in [1.54, 1.807) is 6.07 Å². The third-order valence-electron chi connectivity index (χ3n) is 3.40. The number of benzene rings is 1. The molecule has 6 nitrogen and oxygen atoms in total. The second-order valence-corrected chi connectivity index (χ2v) is 9.64. The lowest BCUT2D eigenvalue weighted by molar-refractivity contribution is 0.406. The average Bonchev–Trinajstić information content (AvgIpc) is 2.63. The number of hydrogen-bond donors (Lipinski definition) is 0. The standard InChI is InChI=1S/C12H16Cl2N2O4S2/c1-21(17,18)15-6-3-7-16(9-8-15)22(19,20)12-10(13)4-2-5-11(12)14/h2,4-5H,3,6-9H2,1H3. The van der Waals surface area contributed by atoms with Crippen LogP contribution in [-0.2, 0) is 20.0 Å². The summed E-state index contributed by atoms with van der Waals surface area (Å²) in [5.74, 6) is 0. The Bertz CT molecular complexity index is 745. The Morgan fingerprint density at radius 2 is 1.41 bits per heavy atom. The fourth-order valence-electron chi connectivity index (χ4n) is 2.30. The Hall–Kier alpha value is -0.380. The van der Waals surface area contributed by atoms with Crippen LogP contribution in [0.1, 0.15) is 6.42 Å². The van der Waals surface area contributed by atoms with Gasteiger partial charge in [-0.2, -0.15) is 4.31 Å². The van der Waals surface area contributed by atoms with E-state index in [0.29, 0.717) is 13.0 Å². The number of sulfonamides is 2. The van der Waals surface area contributed by atoms with Crippen molar-refractivity contribution >= 4 is 43.2 Å². The van der Waals surface area contributed by atoms with Crippen molar-refractivity contribution in [2.45, 2.75) is 11.3 Å². The van der Waals surface area contributed by atoms with Gasteiger partial charge in [-0.1, -0.05) is 29.3 Å². The molecule has 0 aromatic heterocycles. The first kappa shape index (κ1) is 18.0. The van der Waals surface area contributed by atoms with Crippen LogP contribution in [0.15, 0.2) is 23.1 Å². The van der Waals surface area contributed by atoms with Crippen LogP contribution in [0.3, 0.4) is 0 Å². The van der Waals surface area contributed by atoms with Gasteiger partial charge in [0.15, 0.2) is 0 Å². The third kappa shape index (κ3) is 3.74. The molecule has 1 aliphatic heterocycles. The second-order valence-electron chi connectivity index (χ2n) is 4.97. The van der Waals surface area contributed by atoms with Gasteiger partial charge < -0.3 is 0 Å². The maximum Gasteiger partial charge on any atom is 0.246 e. The van der Waals surface area contributed by atoms with E-state index < -0.39 is 20.0 Å². The number of hydrogen-bond acceptors (Lipinski definition) is 4. The monoisotopic (exact) mass is 386 g/mol. The molecule has 0 amide bonds. The lowest BCUT2D eigenvalue weighted by Crippen LogP contribution is -2.37. The van der Waals surface area contributed by atoms with Crippen molar-refractivity contribution in [1.29, 1.82) is 0 Å². The lowest BCUT2D eigenvalue weighted by Gasteiger charge is -2.21. The molecule has 1 fully saturated rings. The number of nitrogens with zero attached hydrogens (tertiary/aromatic N) is 2. The molecule has 2 rings (SSSR count). The molecule has 1 saturated heterocycles. The predicted molar refractivity (Wildman–Crippen MR) is 86.3 cm³/mol. The molecule has 1 heterocycles. The minimum Gasteiger partial charge on any atom is -0.213 e. The van der Waals surface area contributed by atoms with Gasteiger partial charge in [-0.15, -0.1) is 0 Å². The summed E-state index contributed by atoms with van der Waals surface area (Å²) in [5.41, 5.74) is 0. The molecule has 0 atom stereocenters. The van der Waals surface area contributed by atoms with Crippen molar-refractivity contribution < 1.29 is 16.8 Å². The van der Waals surface area contributed by atoms with Crippen molar-refractivity contribution in [3.8, 4) is 0 Å². The van der Waals surface area contributed by atoms with Crippen LogP contribution < -0.4 is 0 Å². The molecule has 124 valence electrons. The van der Waals surface area contributed by atoms with E-state index in [2.05, 4.69) is 0 Å². The van der Waals surface area contributed by atoms with Crippen molar-refractivity contribution in [2.24, 2.45) is 0 Å². The third-order valence-corrected chi connectivity index (χ3v) is 7.56. The molecule has 0 aliphatic carbocycles. The molecule has 22 heavy (non-hydrogen) atoms. The first-order valence-electron chi connectivity index (χ1n) is 6.53. The Kier molecular flexibility index (Phi) is 5.41. The Labute approximate surface area is 140 Å². The zero-order valence-corrected chi connectivity index (χ0v) is 15.0. The van der Waals surface area contributed by atoms with E-state index in [-0.39, 0.29) is 34.6 Å². The van der Waals surface area contributed by atoms with Gasteiger partial charge in [0.25, 0.3) is 0 Å². The molecule has 0 radical (unpaired) electrons. The summed E-state index contributed by atoms with van der Waals surface area (Å²) >= 11 is 12.0. The van der Waals surface area contributed by atoms with Crippen molar-refractivity contribution in [3.63, 3.8) is 0 Å². The normalized spacial score (nSPS) is 19.0. The van der Waals surface area contributed by atoms with Crippen LogP contribution in [0.4, 0.5) is 0 Å². The first-order chi connectivity index (χ1) is 10.1. The molecule has 10 heteroatoms. The summed E-state index contributed by atoms with van der Waals surface area (Å²) in [6.45, 7) is 0.689. The van der Waals surface area contributed by atoms with Crippen LogP contribution >= 0.6 is 23.2 Å². The number of halogens is 2. The van der Waals surface area contributed by atoms with Crippen LogP contribution in [-0.4, -0.2) is 57.9 Å². The molecule has 1 aliphatic rings. The van der Waals surface area contributed by atoms with Crippen molar-refractivity contribution in [2.75, 3.05) is 32.4 Å². The lowest BCUT2D eigenvalue weighted by atomic mass is 10.4. The van der Waals surface area contributed by atoms with E-state index >= 15 is 0 Å². The van der Waals surface area contributed by atoms with Gasteiger partial charge in [0, 0.05) is 26.2 Å². The average molecular weight is 387 g/mol. The van der Waals surface area contributed by atoms with Gasteiger partial charge in [-0.25, -0.2) is 21.1 Å². The molecule has 0 bridgehead atoms. The highest BCUT2D eigenvalue weighted by atomic mass is 35.5. The molecule has 0 unspecified atom stereocenters. The molecule has 1 aromatic rings. The Morgan fingerprint density at radius 1 is 0.909 bits per heavy atom. The van der Waals surface area contributed by atoms with Crippen LogP contribution in [0.25, 0.3) is 0 Å². The Morgan fingerprint density at radius 3 is 1.95 bits per heavy atom. The second kappa shape index (κ2) is 6.62. The van der Waals surface area contributed by atoms with E-state index in [1.165, 1.54) is 20.7 Å². The predicted octanol–water partition coefficient (Wildman–Crippen LogP) is 1.65. The zero-order chi connectivity index (χ0) is 16.5. The summed E-state index contributed by atoms with van der Waals surface area (Å²) in [7, 11) is -7.21. The molecule has 1 aromatic carbocycles. The highest BCUT2D eigenvalue weighted by Gasteiger charge is 2.32. The molecular weight excluding hydrogens is 371 g/mol. The maximum atomic E-state index is 12.7. The van der Waals surface area contributed by atoms with Gasteiger partial charge in [0.1, 0.15) is 4.90 Å². The smallest absolute Gasteiger partial charge is 0.213 e. The summed E-state index contributed by atoms with van der Waals surface area (Å²) in [4.78, 5) is -0.133. The first-order valence-corrected chi connectivity index (χ1v) is 10.6. The summed E-state index contributed by atoms with van der Waals surface area (Å²) in [6.07, 6.45) is 1.52. The van der Waals surface area contributed by atoms with Gasteiger partial charge in [0.05, 0.1) is 16.3 Å². The minimum absolute atomic E-state index is 0.0525. The highest BCUT2D eigenvalue weighted by molar-refractivity contribution is 7.89. The maximum absolute atomic E-state index is 12.7. The van der Waals surface area contributed by atoms with E-state index in [4.69, 9.17) is 23.2 Å². The SMILES string of the molecule is CS(=O)(=O)N1CCCN(S(=O)(=O)c2c(Cl)cccc2Cl)CC1. The highest BCUT2D eigenvalue weighted by Crippen LogP contribution is 2.31.